The summed E-state index contributed by atoms with van der Waals surface area (Å²) in [5.41, 5.74) is 2.15. The van der Waals surface area contributed by atoms with Gasteiger partial charge in [-0.2, -0.15) is 0 Å². The Morgan fingerprint density at radius 2 is 2.21 bits per heavy atom. The largest absolute Gasteiger partial charge is 0.385 e. The van der Waals surface area contributed by atoms with Crippen LogP contribution in [-0.2, 0) is 4.74 Å². The van der Waals surface area contributed by atoms with Crippen molar-refractivity contribution in [2.45, 2.75) is 30.2 Å². The number of aromatic nitrogens is 1. The maximum atomic E-state index is 5.41. The molecule has 0 fully saturated rings. The van der Waals surface area contributed by atoms with Crippen LogP contribution in [0.4, 0.5) is 5.69 Å². The Hall–Kier alpha value is -0.780. The van der Waals surface area contributed by atoms with Gasteiger partial charge in [0.05, 0.1) is 15.8 Å². The van der Waals surface area contributed by atoms with E-state index in [1.165, 1.54) is 4.70 Å². The first-order chi connectivity index (χ1) is 9.04. The summed E-state index contributed by atoms with van der Waals surface area (Å²) >= 11 is 3.44. The van der Waals surface area contributed by atoms with Crippen LogP contribution in [0.3, 0.4) is 0 Å². The number of hydrogen-bond acceptors (Lipinski definition) is 5. The average Bonchev–Trinajstić information content (AvgIpc) is 2.81. The molecule has 3 nitrogen and oxygen atoms in total. The third-order valence-corrected chi connectivity index (χ3v) is 5.16. The highest BCUT2D eigenvalue weighted by atomic mass is 32.2. The van der Waals surface area contributed by atoms with Crippen molar-refractivity contribution in [1.82, 2.24) is 4.98 Å². The fraction of sp³-hybridized carbons (Fsp3) is 0.500. The van der Waals surface area contributed by atoms with Gasteiger partial charge in [-0.25, -0.2) is 4.98 Å². The second-order valence-electron chi connectivity index (χ2n) is 5.01. The van der Waals surface area contributed by atoms with Gasteiger partial charge in [-0.15, -0.1) is 11.3 Å². The Labute approximate surface area is 122 Å². The highest BCUT2D eigenvalue weighted by Gasteiger charge is 2.15. The van der Waals surface area contributed by atoms with Gasteiger partial charge in [-0.05, 0) is 44.7 Å². The lowest BCUT2D eigenvalue weighted by molar-refractivity contribution is 0.0185. The Morgan fingerprint density at radius 3 is 2.89 bits per heavy atom. The molecular weight excluding hydrogens is 276 g/mol. The van der Waals surface area contributed by atoms with Crippen LogP contribution in [0.15, 0.2) is 22.5 Å². The zero-order valence-corrected chi connectivity index (χ0v) is 13.5. The van der Waals surface area contributed by atoms with E-state index in [0.717, 1.165) is 28.5 Å². The number of nitrogens with one attached hydrogen (secondary N) is 1. The van der Waals surface area contributed by atoms with Crippen molar-refractivity contribution in [1.29, 1.82) is 0 Å². The molecule has 0 aliphatic rings. The summed E-state index contributed by atoms with van der Waals surface area (Å²) in [7, 11) is 1.76. The summed E-state index contributed by atoms with van der Waals surface area (Å²) < 4.78 is 7.77. The van der Waals surface area contributed by atoms with Crippen molar-refractivity contribution >= 4 is 39.0 Å². The standard InChI is InChI=1S/C14H20N2OS2/c1-14(2,17-3)7-8-15-10-5-6-11-12(9-10)19-13(16-11)18-4/h5-6,9,15H,7-8H2,1-4H3. The monoisotopic (exact) mass is 296 g/mol. The molecule has 0 spiro atoms. The van der Waals surface area contributed by atoms with Crippen LogP contribution in [0.25, 0.3) is 10.2 Å². The summed E-state index contributed by atoms with van der Waals surface area (Å²) in [6.07, 6.45) is 3.03. The number of benzene rings is 1. The van der Waals surface area contributed by atoms with Crippen LogP contribution < -0.4 is 5.32 Å². The number of ether oxygens (including phenoxy) is 1. The smallest absolute Gasteiger partial charge is 0.150 e. The number of rotatable bonds is 6. The number of methoxy groups -OCH3 is 1. The minimum atomic E-state index is -0.0758. The molecule has 0 bridgehead atoms. The Kier molecular flexibility index (Phi) is 4.71. The molecule has 0 amide bonds. The molecule has 19 heavy (non-hydrogen) atoms. The van der Waals surface area contributed by atoms with E-state index in [1.807, 2.05) is 0 Å². The normalized spacial score (nSPS) is 12.0. The molecule has 1 aromatic heterocycles. The topological polar surface area (TPSA) is 34.1 Å². The van der Waals surface area contributed by atoms with Crippen LogP contribution in [-0.4, -0.2) is 30.5 Å². The number of hydrogen-bond donors (Lipinski definition) is 1. The average molecular weight is 296 g/mol. The Morgan fingerprint density at radius 1 is 1.42 bits per heavy atom. The molecule has 0 atom stereocenters. The molecule has 5 heteroatoms. The molecule has 0 aliphatic heterocycles. The number of thiazole rings is 1. The Bertz CT molecular complexity index is 551. The molecule has 0 saturated heterocycles. The van der Waals surface area contributed by atoms with Crippen molar-refractivity contribution in [3.05, 3.63) is 18.2 Å². The molecule has 0 saturated carbocycles. The van der Waals surface area contributed by atoms with Gasteiger partial charge in [-0.3, -0.25) is 0 Å². The molecule has 1 heterocycles. The molecule has 0 radical (unpaired) electrons. The van der Waals surface area contributed by atoms with Crippen molar-refractivity contribution in [2.75, 3.05) is 25.2 Å². The minimum Gasteiger partial charge on any atom is -0.385 e. The van der Waals surface area contributed by atoms with E-state index in [4.69, 9.17) is 4.74 Å². The summed E-state index contributed by atoms with van der Waals surface area (Å²) in [4.78, 5) is 4.54. The quantitative estimate of drug-likeness (QED) is 0.808. The molecule has 1 aromatic carbocycles. The number of anilines is 1. The maximum absolute atomic E-state index is 5.41. The molecule has 0 unspecified atom stereocenters. The van der Waals surface area contributed by atoms with E-state index < -0.39 is 0 Å². The summed E-state index contributed by atoms with van der Waals surface area (Å²) in [6, 6.07) is 6.34. The fourth-order valence-electron chi connectivity index (χ4n) is 1.71. The van der Waals surface area contributed by atoms with Gasteiger partial charge in [0.2, 0.25) is 0 Å². The summed E-state index contributed by atoms with van der Waals surface area (Å²) in [5, 5.41) is 3.45. The lowest BCUT2D eigenvalue weighted by atomic mass is 10.1. The number of fused-ring (bicyclic) bond motifs is 1. The lowest BCUT2D eigenvalue weighted by Crippen LogP contribution is -2.25. The van der Waals surface area contributed by atoms with Crippen LogP contribution in [0.2, 0.25) is 0 Å². The van der Waals surface area contributed by atoms with Crippen LogP contribution in [0, 0.1) is 0 Å². The third kappa shape index (κ3) is 3.84. The van der Waals surface area contributed by atoms with Gasteiger partial charge in [0.15, 0.2) is 4.34 Å². The lowest BCUT2D eigenvalue weighted by Gasteiger charge is -2.23. The molecule has 0 aliphatic carbocycles. The molecule has 2 rings (SSSR count). The molecular formula is C14H20N2OS2. The Balaban J connectivity index is 2.01. The summed E-state index contributed by atoms with van der Waals surface area (Å²) in [5.74, 6) is 0. The second-order valence-corrected chi connectivity index (χ2v) is 7.09. The maximum Gasteiger partial charge on any atom is 0.150 e. The van der Waals surface area contributed by atoms with Gasteiger partial charge in [0, 0.05) is 19.3 Å². The van der Waals surface area contributed by atoms with Crippen LogP contribution >= 0.6 is 23.1 Å². The minimum absolute atomic E-state index is 0.0758. The van der Waals surface area contributed by atoms with E-state index >= 15 is 0 Å². The van der Waals surface area contributed by atoms with E-state index in [9.17, 15) is 0 Å². The number of nitrogens with zero attached hydrogens (tertiary/aromatic N) is 1. The zero-order valence-electron chi connectivity index (χ0n) is 11.8. The van der Waals surface area contributed by atoms with E-state index in [0.29, 0.717) is 0 Å². The zero-order chi connectivity index (χ0) is 13.9. The van der Waals surface area contributed by atoms with Gasteiger partial charge < -0.3 is 10.1 Å². The molecule has 2 aromatic rings. The van der Waals surface area contributed by atoms with E-state index in [-0.39, 0.29) is 5.60 Å². The highest BCUT2D eigenvalue weighted by Crippen LogP contribution is 2.30. The van der Waals surface area contributed by atoms with Crippen molar-refractivity contribution < 1.29 is 4.74 Å². The van der Waals surface area contributed by atoms with Gasteiger partial charge in [0.1, 0.15) is 0 Å². The fourth-order valence-corrected chi connectivity index (χ4v) is 3.24. The van der Waals surface area contributed by atoms with Gasteiger partial charge in [0.25, 0.3) is 0 Å². The van der Waals surface area contributed by atoms with Crippen LogP contribution in [0.1, 0.15) is 20.3 Å². The number of thioether (sulfide) groups is 1. The second kappa shape index (κ2) is 6.11. The van der Waals surface area contributed by atoms with E-state index in [1.54, 1.807) is 30.2 Å². The molecule has 1 N–H and O–H groups in total. The third-order valence-electron chi connectivity index (χ3n) is 3.15. The van der Waals surface area contributed by atoms with Crippen molar-refractivity contribution in [3.8, 4) is 0 Å². The predicted molar refractivity (Wildman–Crippen MR) is 85.6 cm³/mol. The SMILES string of the molecule is COC(C)(C)CCNc1ccc2nc(SC)sc2c1. The highest BCUT2D eigenvalue weighted by molar-refractivity contribution is 8.00. The predicted octanol–water partition coefficient (Wildman–Crippen LogP) is 4.25. The van der Waals surface area contributed by atoms with Gasteiger partial charge >= 0.3 is 0 Å². The van der Waals surface area contributed by atoms with Crippen molar-refractivity contribution in [3.63, 3.8) is 0 Å². The van der Waals surface area contributed by atoms with E-state index in [2.05, 4.69) is 48.6 Å². The first-order valence-corrected chi connectivity index (χ1v) is 8.32. The molecule has 104 valence electrons. The summed E-state index contributed by atoms with van der Waals surface area (Å²) in [6.45, 7) is 5.11. The van der Waals surface area contributed by atoms with Crippen molar-refractivity contribution in [2.24, 2.45) is 0 Å². The van der Waals surface area contributed by atoms with Crippen LogP contribution in [0.5, 0.6) is 0 Å². The first kappa shape index (κ1) is 14.6. The first-order valence-electron chi connectivity index (χ1n) is 6.28. The van der Waals surface area contributed by atoms with Gasteiger partial charge in [-0.1, -0.05) is 11.8 Å².